The minimum absolute atomic E-state index is 0.0980. The lowest BCUT2D eigenvalue weighted by Gasteiger charge is -2.40. The summed E-state index contributed by atoms with van der Waals surface area (Å²) in [6.45, 7) is 2.69. The van der Waals surface area contributed by atoms with Crippen LogP contribution in [0.25, 0.3) is 0 Å². The van der Waals surface area contributed by atoms with Crippen molar-refractivity contribution < 1.29 is 14.7 Å². The Hall–Kier alpha value is -2.51. The molecule has 2 N–H and O–H groups in total. The number of thioether (sulfide) groups is 1. The van der Waals surface area contributed by atoms with Crippen LogP contribution in [0, 0.1) is 5.92 Å². The van der Waals surface area contributed by atoms with Crippen molar-refractivity contribution in [1.82, 2.24) is 15.1 Å². The Balaban J connectivity index is 1.36. The van der Waals surface area contributed by atoms with Crippen LogP contribution in [-0.4, -0.2) is 70.6 Å². The van der Waals surface area contributed by atoms with Gasteiger partial charge in [0.15, 0.2) is 0 Å². The van der Waals surface area contributed by atoms with Crippen molar-refractivity contribution >= 4 is 23.8 Å². The Kier molecular flexibility index (Phi) is 9.49. The molecule has 6 nitrogen and oxygen atoms in total. The number of carbonyl (C=O) groups excluding carboxylic acids is 1. The summed E-state index contributed by atoms with van der Waals surface area (Å²) >= 11 is 1.72. The minimum Gasteiger partial charge on any atom is -0.465 e. The summed E-state index contributed by atoms with van der Waals surface area (Å²) in [5, 5.41) is 11.8. The van der Waals surface area contributed by atoms with Gasteiger partial charge in [0.1, 0.15) is 6.04 Å². The zero-order valence-corrected chi connectivity index (χ0v) is 21.2. The van der Waals surface area contributed by atoms with Crippen molar-refractivity contribution in [3.63, 3.8) is 0 Å². The van der Waals surface area contributed by atoms with E-state index in [4.69, 9.17) is 0 Å². The van der Waals surface area contributed by atoms with E-state index >= 15 is 0 Å². The van der Waals surface area contributed by atoms with Crippen LogP contribution in [0.2, 0.25) is 0 Å². The lowest BCUT2D eigenvalue weighted by Crippen LogP contribution is -2.56. The monoisotopic (exact) mass is 495 g/mol. The Morgan fingerprint density at radius 1 is 0.886 bits per heavy atom. The average Bonchev–Trinajstić information content (AvgIpc) is 2.90. The van der Waals surface area contributed by atoms with E-state index in [2.05, 4.69) is 58.7 Å². The lowest BCUT2D eigenvalue weighted by atomic mass is 9.91. The zero-order valence-electron chi connectivity index (χ0n) is 20.4. The maximum Gasteiger partial charge on any atom is 0.405 e. The number of nitrogens with zero attached hydrogens (tertiary/aromatic N) is 2. The standard InChI is InChI=1S/C28H37N3O3S/c32-27(25(29-28(33)34)21-35-20-22-10-4-1-5-11-22)31-18-16-30(17-19-31)26(23-12-6-2-7-13-23)24-14-8-3-9-15-24/h2-3,6-9,12-15,22,25-26,29H,1,4-5,10-11,16-21H2,(H,33,34)/t25-/m0/s1. The van der Waals surface area contributed by atoms with Gasteiger partial charge >= 0.3 is 6.09 Å². The molecule has 1 aliphatic carbocycles. The molecule has 1 atom stereocenters. The van der Waals surface area contributed by atoms with Crippen LogP contribution < -0.4 is 5.32 Å². The Morgan fingerprint density at radius 3 is 2.00 bits per heavy atom. The highest BCUT2D eigenvalue weighted by Gasteiger charge is 2.32. The van der Waals surface area contributed by atoms with Crippen LogP contribution in [0.1, 0.15) is 49.3 Å². The first-order valence-corrected chi connectivity index (χ1v) is 14.0. The predicted octanol–water partition coefficient (Wildman–Crippen LogP) is 4.87. The summed E-state index contributed by atoms with van der Waals surface area (Å²) in [6.07, 6.45) is 5.28. The van der Waals surface area contributed by atoms with Crippen molar-refractivity contribution in [2.75, 3.05) is 37.7 Å². The highest BCUT2D eigenvalue weighted by Crippen LogP contribution is 2.30. The summed E-state index contributed by atoms with van der Waals surface area (Å²) in [4.78, 5) is 29.0. The molecule has 2 aromatic rings. The van der Waals surface area contributed by atoms with Gasteiger partial charge in [-0.2, -0.15) is 11.8 Å². The summed E-state index contributed by atoms with van der Waals surface area (Å²) in [5.41, 5.74) is 2.48. The molecule has 2 amide bonds. The van der Waals surface area contributed by atoms with Crippen LogP contribution in [0.15, 0.2) is 60.7 Å². The molecule has 0 aromatic heterocycles. The van der Waals surface area contributed by atoms with Gasteiger partial charge in [0, 0.05) is 31.9 Å². The van der Waals surface area contributed by atoms with Crippen LogP contribution >= 0.6 is 11.8 Å². The summed E-state index contributed by atoms with van der Waals surface area (Å²) in [6, 6.07) is 20.4. The maximum absolute atomic E-state index is 13.3. The van der Waals surface area contributed by atoms with E-state index in [-0.39, 0.29) is 11.9 Å². The number of benzene rings is 2. The first-order valence-electron chi connectivity index (χ1n) is 12.8. The number of rotatable bonds is 9. The molecule has 188 valence electrons. The molecule has 1 heterocycles. The van der Waals surface area contributed by atoms with Gasteiger partial charge in [0.2, 0.25) is 5.91 Å². The molecule has 2 aromatic carbocycles. The van der Waals surface area contributed by atoms with Crippen LogP contribution in [0.5, 0.6) is 0 Å². The van der Waals surface area contributed by atoms with Crippen molar-refractivity contribution in [1.29, 1.82) is 0 Å². The average molecular weight is 496 g/mol. The van der Waals surface area contributed by atoms with E-state index in [1.54, 1.807) is 11.8 Å². The van der Waals surface area contributed by atoms with Gasteiger partial charge in [-0.1, -0.05) is 79.9 Å². The van der Waals surface area contributed by atoms with Gasteiger partial charge in [0.05, 0.1) is 6.04 Å². The number of carboxylic acid groups (broad SMARTS) is 1. The van der Waals surface area contributed by atoms with E-state index in [9.17, 15) is 14.7 Å². The molecule has 0 spiro atoms. The van der Waals surface area contributed by atoms with Crippen molar-refractivity contribution in [2.24, 2.45) is 5.92 Å². The maximum atomic E-state index is 13.3. The summed E-state index contributed by atoms with van der Waals surface area (Å²) in [7, 11) is 0. The quantitative estimate of drug-likeness (QED) is 0.519. The smallest absolute Gasteiger partial charge is 0.405 e. The number of piperazine rings is 1. The second kappa shape index (κ2) is 13.0. The number of hydrogen-bond donors (Lipinski definition) is 2. The molecule has 1 saturated carbocycles. The highest BCUT2D eigenvalue weighted by atomic mass is 32.2. The number of hydrogen-bond acceptors (Lipinski definition) is 4. The molecule has 1 saturated heterocycles. The SMILES string of the molecule is O=C(O)N[C@@H](CSCC1CCCCC1)C(=O)N1CCN(C(c2ccccc2)c2ccccc2)CC1. The first kappa shape index (κ1) is 25.6. The zero-order chi connectivity index (χ0) is 24.5. The second-order valence-corrected chi connectivity index (χ2v) is 10.7. The predicted molar refractivity (Wildman–Crippen MR) is 142 cm³/mol. The fourth-order valence-corrected chi connectivity index (χ4v) is 6.60. The number of amides is 2. The second-order valence-electron chi connectivity index (χ2n) is 9.63. The molecule has 2 fully saturated rings. The molecule has 7 heteroatoms. The summed E-state index contributed by atoms with van der Waals surface area (Å²) in [5.74, 6) is 2.11. The molecular weight excluding hydrogens is 458 g/mol. The third kappa shape index (κ3) is 7.24. The van der Waals surface area contributed by atoms with Gasteiger partial charge in [-0.3, -0.25) is 9.69 Å². The van der Waals surface area contributed by atoms with E-state index in [1.807, 2.05) is 17.0 Å². The lowest BCUT2D eigenvalue weighted by molar-refractivity contribution is -0.134. The summed E-state index contributed by atoms with van der Waals surface area (Å²) < 4.78 is 0. The van der Waals surface area contributed by atoms with Crippen LogP contribution in [-0.2, 0) is 4.79 Å². The fourth-order valence-electron chi connectivity index (χ4n) is 5.34. The topological polar surface area (TPSA) is 72.9 Å². The molecule has 0 bridgehead atoms. The molecule has 35 heavy (non-hydrogen) atoms. The highest BCUT2D eigenvalue weighted by molar-refractivity contribution is 7.99. The Labute approximate surface area is 213 Å². The van der Waals surface area contributed by atoms with E-state index in [0.29, 0.717) is 24.8 Å². The van der Waals surface area contributed by atoms with Crippen molar-refractivity contribution in [2.45, 2.75) is 44.2 Å². The molecule has 2 aliphatic rings. The Bertz CT molecular complexity index is 889. The van der Waals surface area contributed by atoms with Crippen molar-refractivity contribution in [3.8, 4) is 0 Å². The van der Waals surface area contributed by atoms with Gasteiger partial charge in [-0.15, -0.1) is 0 Å². The van der Waals surface area contributed by atoms with Gasteiger partial charge < -0.3 is 15.3 Å². The number of nitrogens with one attached hydrogen (secondary N) is 1. The fraction of sp³-hybridized carbons (Fsp3) is 0.500. The van der Waals surface area contributed by atoms with E-state index < -0.39 is 12.1 Å². The van der Waals surface area contributed by atoms with Crippen LogP contribution in [0.3, 0.4) is 0 Å². The van der Waals surface area contributed by atoms with Gasteiger partial charge in [-0.25, -0.2) is 4.79 Å². The third-order valence-corrected chi connectivity index (χ3v) is 8.46. The van der Waals surface area contributed by atoms with E-state index in [0.717, 1.165) is 18.8 Å². The van der Waals surface area contributed by atoms with Gasteiger partial charge in [0.25, 0.3) is 0 Å². The van der Waals surface area contributed by atoms with E-state index in [1.165, 1.54) is 43.2 Å². The van der Waals surface area contributed by atoms with Gasteiger partial charge in [-0.05, 0) is 35.6 Å². The number of carbonyl (C=O) groups is 2. The normalized spacial score (nSPS) is 18.4. The van der Waals surface area contributed by atoms with Crippen LogP contribution in [0.4, 0.5) is 4.79 Å². The largest absolute Gasteiger partial charge is 0.465 e. The molecule has 1 aliphatic heterocycles. The molecule has 0 radical (unpaired) electrons. The molecule has 0 unspecified atom stereocenters. The minimum atomic E-state index is -1.13. The van der Waals surface area contributed by atoms with Crippen molar-refractivity contribution in [3.05, 3.63) is 71.8 Å². The first-order chi connectivity index (χ1) is 17.1. The molecular formula is C28H37N3O3S. The molecule has 4 rings (SSSR count). The Morgan fingerprint density at radius 2 is 1.46 bits per heavy atom. The third-order valence-electron chi connectivity index (χ3n) is 7.18.